The van der Waals surface area contributed by atoms with Crippen LogP contribution in [0.1, 0.15) is 15.9 Å². The van der Waals surface area contributed by atoms with Crippen LogP contribution in [0.5, 0.6) is 0 Å². The Hall–Kier alpha value is -2.29. The molecule has 0 fully saturated rings. The van der Waals surface area contributed by atoms with Crippen LogP contribution < -0.4 is 10.0 Å². The van der Waals surface area contributed by atoms with Gasteiger partial charge in [-0.05, 0) is 48.4 Å². The van der Waals surface area contributed by atoms with Gasteiger partial charge in [-0.25, -0.2) is 17.5 Å². The van der Waals surface area contributed by atoms with Crippen molar-refractivity contribution in [3.8, 4) is 0 Å². The maximum atomic E-state index is 13.1. The van der Waals surface area contributed by atoms with E-state index in [1.807, 2.05) is 0 Å². The largest absolute Gasteiger partial charge is 0.383 e. The molecule has 0 aliphatic carbocycles. The van der Waals surface area contributed by atoms with Gasteiger partial charge in [0.2, 0.25) is 10.0 Å². The van der Waals surface area contributed by atoms with Gasteiger partial charge in [0.25, 0.3) is 5.91 Å². The molecule has 0 aromatic heterocycles. The molecule has 2 rings (SSSR count). The maximum absolute atomic E-state index is 13.1. The number of ether oxygens (including phenoxy) is 1. The molecule has 0 bridgehead atoms. The van der Waals surface area contributed by atoms with Crippen LogP contribution in [0.4, 0.5) is 4.39 Å². The minimum atomic E-state index is -3.63. The second-order valence-corrected chi connectivity index (χ2v) is 7.32. The van der Waals surface area contributed by atoms with Crippen LogP contribution in [0.3, 0.4) is 0 Å². The summed E-state index contributed by atoms with van der Waals surface area (Å²) in [5.41, 5.74) is 1.13. The third-order valence-electron chi connectivity index (χ3n) is 3.61. The lowest BCUT2D eigenvalue weighted by Gasteiger charge is -2.08. The number of hydrogen-bond donors (Lipinski definition) is 2. The molecule has 2 aromatic carbocycles. The topological polar surface area (TPSA) is 84.5 Å². The Morgan fingerprint density at radius 2 is 1.85 bits per heavy atom. The van der Waals surface area contributed by atoms with E-state index in [0.717, 1.165) is 5.56 Å². The van der Waals surface area contributed by atoms with E-state index in [4.69, 9.17) is 4.74 Å². The number of benzene rings is 2. The first kappa shape index (κ1) is 20.0. The van der Waals surface area contributed by atoms with Crippen LogP contribution in [0.15, 0.2) is 53.4 Å². The van der Waals surface area contributed by atoms with Crippen LogP contribution in [-0.2, 0) is 21.2 Å². The molecule has 26 heavy (non-hydrogen) atoms. The zero-order valence-electron chi connectivity index (χ0n) is 14.4. The van der Waals surface area contributed by atoms with Crippen LogP contribution >= 0.6 is 0 Å². The molecule has 8 heteroatoms. The molecular weight excluding hydrogens is 359 g/mol. The maximum Gasteiger partial charge on any atom is 0.251 e. The molecule has 0 aliphatic heterocycles. The van der Waals surface area contributed by atoms with Crippen molar-refractivity contribution in [3.05, 3.63) is 65.5 Å². The molecular formula is C18H21FN2O4S. The highest BCUT2D eigenvalue weighted by Gasteiger charge is 2.14. The highest BCUT2D eigenvalue weighted by molar-refractivity contribution is 7.89. The van der Waals surface area contributed by atoms with Crippen molar-refractivity contribution in [1.82, 2.24) is 10.0 Å². The number of sulfonamides is 1. The average Bonchev–Trinajstić information content (AvgIpc) is 2.62. The van der Waals surface area contributed by atoms with E-state index in [2.05, 4.69) is 10.0 Å². The van der Waals surface area contributed by atoms with Crippen LogP contribution in [0.2, 0.25) is 0 Å². The fourth-order valence-corrected chi connectivity index (χ4v) is 3.27. The Morgan fingerprint density at radius 3 is 2.50 bits per heavy atom. The summed E-state index contributed by atoms with van der Waals surface area (Å²) in [4.78, 5) is 12.2. The summed E-state index contributed by atoms with van der Waals surface area (Å²) in [5, 5.41) is 2.72. The number of halogens is 1. The zero-order chi connectivity index (χ0) is 19.0. The first-order valence-corrected chi connectivity index (χ1v) is 9.52. The quantitative estimate of drug-likeness (QED) is 0.649. The van der Waals surface area contributed by atoms with Gasteiger partial charge in [0.15, 0.2) is 0 Å². The number of carbonyl (C=O) groups excluding carboxylic acids is 1. The Kier molecular flexibility index (Phi) is 7.26. The number of amides is 1. The molecule has 0 radical (unpaired) electrons. The second-order valence-electron chi connectivity index (χ2n) is 5.55. The molecule has 140 valence electrons. The number of carbonyl (C=O) groups is 1. The number of nitrogens with one attached hydrogen (secondary N) is 2. The van der Waals surface area contributed by atoms with Gasteiger partial charge in [-0.3, -0.25) is 4.79 Å². The fourth-order valence-electron chi connectivity index (χ4n) is 2.26. The molecule has 0 heterocycles. The smallest absolute Gasteiger partial charge is 0.251 e. The normalized spacial score (nSPS) is 11.3. The van der Waals surface area contributed by atoms with Crippen molar-refractivity contribution in [2.24, 2.45) is 0 Å². The monoisotopic (exact) mass is 380 g/mol. The molecule has 1 amide bonds. The average molecular weight is 380 g/mol. The van der Waals surface area contributed by atoms with Crippen LogP contribution in [0.25, 0.3) is 0 Å². The standard InChI is InChI=1S/C18H21FN2O4S/c1-25-12-11-21-26(23,24)17-7-5-15(6-8-17)18(22)20-10-9-14-3-2-4-16(19)13-14/h2-8,13,21H,9-12H2,1H3,(H,20,22). The summed E-state index contributed by atoms with van der Waals surface area (Å²) in [7, 11) is -2.15. The molecule has 0 atom stereocenters. The van der Waals surface area contributed by atoms with E-state index in [9.17, 15) is 17.6 Å². The number of rotatable bonds is 9. The fraction of sp³-hybridized carbons (Fsp3) is 0.278. The van der Waals surface area contributed by atoms with Crippen molar-refractivity contribution in [2.75, 3.05) is 26.8 Å². The van der Waals surface area contributed by atoms with Crippen molar-refractivity contribution < 1.29 is 22.3 Å². The first-order valence-electron chi connectivity index (χ1n) is 8.04. The van der Waals surface area contributed by atoms with Gasteiger partial charge in [-0.15, -0.1) is 0 Å². The van der Waals surface area contributed by atoms with Crippen molar-refractivity contribution >= 4 is 15.9 Å². The third kappa shape index (κ3) is 5.91. The molecule has 6 nitrogen and oxygen atoms in total. The van der Waals surface area contributed by atoms with E-state index in [0.29, 0.717) is 18.5 Å². The minimum absolute atomic E-state index is 0.0740. The number of methoxy groups -OCH3 is 1. The van der Waals surface area contributed by atoms with Gasteiger partial charge >= 0.3 is 0 Å². The van der Waals surface area contributed by atoms with E-state index < -0.39 is 10.0 Å². The summed E-state index contributed by atoms with van der Waals surface area (Å²) in [6.07, 6.45) is 0.499. The molecule has 0 saturated carbocycles. The van der Waals surface area contributed by atoms with Crippen molar-refractivity contribution in [1.29, 1.82) is 0 Å². The van der Waals surface area contributed by atoms with E-state index >= 15 is 0 Å². The Labute approximate surface area is 152 Å². The highest BCUT2D eigenvalue weighted by Crippen LogP contribution is 2.10. The molecule has 0 spiro atoms. The summed E-state index contributed by atoms with van der Waals surface area (Å²) in [6, 6.07) is 11.8. The predicted molar refractivity (Wildman–Crippen MR) is 95.9 cm³/mol. The predicted octanol–water partition coefficient (Wildman–Crippen LogP) is 1.72. The van der Waals surface area contributed by atoms with Gasteiger partial charge in [0.1, 0.15) is 5.82 Å². The molecule has 0 aliphatic rings. The third-order valence-corrected chi connectivity index (χ3v) is 5.09. The van der Waals surface area contributed by atoms with Gasteiger partial charge in [0.05, 0.1) is 11.5 Å². The van der Waals surface area contributed by atoms with Crippen LogP contribution in [-0.4, -0.2) is 41.1 Å². The van der Waals surface area contributed by atoms with Crippen molar-refractivity contribution in [2.45, 2.75) is 11.3 Å². The summed E-state index contributed by atoms with van der Waals surface area (Å²) in [5.74, 6) is -0.637. The Balaban J connectivity index is 1.89. The summed E-state index contributed by atoms with van der Waals surface area (Å²) in [6.45, 7) is 0.785. The SMILES string of the molecule is COCCNS(=O)(=O)c1ccc(C(=O)NCCc2cccc(F)c2)cc1. The van der Waals surface area contributed by atoms with Crippen LogP contribution in [0, 0.1) is 5.82 Å². The highest BCUT2D eigenvalue weighted by atomic mass is 32.2. The Bertz CT molecular complexity index is 839. The Morgan fingerprint density at radius 1 is 1.12 bits per heavy atom. The molecule has 0 unspecified atom stereocenters. The second kappa shape index (κ2) is 9.42. The van der Waals surface area contributed by atoms with Gasteiger partial charge in [-0.1, -0.05) is 12.1 Å². The van der Waals surface area contributed by atoms with Gasteiger partial charge < -0.3 is 10.1 Å². The number of hydrogen-bond acceptors (Lipinski definition) is 4. The van der Waals surface area contributed by atoms with Gasteiger partial charge in [0, 0.05) is 25.8 Å². The molecule has 0 saturated heterocycles. The van der Waals surface area contributed by atoms with Crippen molar-refractivity contribution in [3.63, 3.8) is 0 Å². The molecule has 2 N–H and O–H groups in total. The first-order chi connectivity index (χ1) is 12.4. The lowest BCUT2D eigenvalue weighted by atomic mass is 10.1. The minimum Gasteiger partial charge on any atom is -0.383 e. The summed E-state index contributed by atoms with van der Waals surface area (Å²) < 4.78 is 44.4. The zero-order valence-corrected chi connectivity index (χ0v) is 15.2. The van der Waals surface area contributed by atoms with E-state index in [1.165, 1.54) is 43.5 Å². The lowest BCUT2D eigenvalue weighted by molar-refractivity contribution is 0.0954. The molecule has 2 aromatic rings. The summed E-state index contributed by atoms with van der Waals surface area (Å²) >= 11 is 0. The van der Waals surface area contributed by atoms with E-state index in [1.54, 1.807) is 12.1 Å². The van der Waals surface area contributed by atoms with E-state index in [-0.39, 0.29) is 29.8 Å². The lowest BCUT2D eigenvalue weighted by Crippen LogP contribution is -2.28. The van der Waals surface area contributed by atoms with Gasteiger partial charge in [-0.2, -0.15) is 0 Å².